The Kier molecular flexibility index (Phi) is 4.19. The molecule has 1 aliphatic heterocycles. The molecule has 4 rings (SSSR count). The predicted octanol–water partition coefficient (Wildman–Crippen LogP) is 3.36. The Morgan fingerprint density at radius 1 is 1.15 bits per heavy atom. The predicted molar refractivity (Wildman–Crippen MR) is 90.8 cm³/mol. The molecule has 0 bridgehead atoms. The molecule has 0 spiro atoms. The lowest BCUT2D eigenvalue weighted by molar-refractivity contribution is 0.163. The van der Waals surface area contributed by atoms with Gasteiger partial charge in [-0.25, -0.2) is 13.8 Å². The van der Waals surface area contributed by atoms with Gasteiger partial charge < -0.3 is 9.64 Å². The number of hydrogen-bond acceptors (Lipinski definition) is 5. The van der Waals surface area contributed by atoms with Gasteiger partial charge in [0.1, 0.15) is 23.2 Å². The first-order chi connectivity index (χ1) is 12.6. The molecule has 0 unspecified atom stereocenters. The van der Waals surface area contributed by atoms with Crippen LogP contribution < -0.4 is 9.64 Å². The summed E-state index contributed by atoms with van der Waals surface area (Å²) in [6.45, 7) is 1.43. The highest BCUT2D eigenvalue weighted by atomic mass is 19.1. The van der Waals surface area contributed by atoms with Crippen molar-refractivity contribution in [1.29, 1.82) is 5.26 Å². The first-order valence-corrected chi connectivity index (χ1v) is 8.70. The van der Waals surface area contributed by atoms with Crippen molar-refractivity contribution < 1.29 is 13.5 Å². The van der Waals surface area contributed by atoms with E-state index < -0.39 is 17.0 Å². The third-order valence-electron chi connectivity index (χ3n) is 5.05. The van der Waals surface area contributed by atoms with Crippen molar-refractivity contribution in [2.24, 2.45) is 0 Å². The van der Waals surface area contributed by atoms with Crippen LogP contribution in [0.5, 0.6) is 5.75 Å². The van der Waals surface area contributed by atoms with Gasteiger partial charge >= 0.3 is 0 Å². The van der Waals surface area contributed by atoms with Crippen LogP contribution in [0.4, 0.5) is 14.6 Å². The maximum Gasteiger partial charge on any atom is 0.167 e. The fourth-order valence-electron chi connectivity index (χ4n) is 3.23. The van der Waals surface area contributed by atoms with Crippen molar-refractivity contribution in [3.63, 3.8) is 0 Å². The van der Waals surface area contributed by atoms with E-state index in [4.69, 9.17) is 4.74 Å². The Morgan fingerprint density at radius 2 is 1.92 bits per heavy atom. The van der Waals surface area contributed by atoms with Crippen molar-refractivity contribution in [1.82, 2.24) is 9.97 Å². The molecule has 7 heteroatoms. The van der Waals surface area contributed by atoms with Crippen LogP contribution in [0.2, 0.25) is 0 Å². The SMILES string of the molecule is N#CC1(c2cnc(N3CCC(Oc4ccc(F)cc4F)CC3)cn2)CC1. The van der Waals surface area contributed by atoms with E-state index in [9.17, 15) is 14.0 Å². The molecule has 2 heterocycles. The van der Waals surface area contributed by atoms with Crippen LogP contribution in [-0.2, 0) is 5.41 Å². The van der Waals surface area contributed by atoms with Gasteiger partial charge in [0, 0.05) is 32.0 Å². The second-order valence-corrected chi connectivity index (χ2v) is 6.83. The lowest BCUT2D eigenvalue weighted by atomic mass is 10.1. The molecule has 5 nitrogen and oxygen atoms in total. The van der Waals surface area contributed by atoms with Crippen LogP contribution in [-0.4, -0.2) is 29.2 Å². The van der Waals surface area contributed by atoms with Gasteiger partial charge in [-0.05, 0) is 25.0 Å². The van der Waals surface area contributed by atoms with Crippen molar-refractivity contribution in [2.45, 2.75) is 37.2 Å². The monoisotopic (exact) mass is 356 g/mol. The summed E-state index contributed by atoms with van der Waals surface area (Å²) in [4.78, 5) is 11.0. The van der Waals surface area contributed by atoms with Gasteiger partial charge in [-0.2, -0.15) is 5.26 Å². The summed E-state index contributed by atoms with van der Waals surface area (Å²) >= 11 is 0. The number of piperidine rings is 1. The molecule has 0 N–H and O–H groups in total. The molecule has 26 heavy (non-hydrogen) atoms. The molecule has 1 aliphatic carbocycles. The van der Waals surface area contributed by atoms with E-state index in [2.05, 4.69) is 20.9 Å². The zero-order valence-electron chi connectivity index (χ0n) is 14.2. The van der Waals surface area contributed by atoms with Crippen LogP contribution in [0.25, 0.3) is 0 Å². The summed E-state index contributed by atoms with van der Waals surface area (Å²) in [6, 6.07) is 5.66. The van der Waals surface area contributed by atoms with Gasteiger partial charge in [-0.1, -0.05) is 0 Å². The largest absolute Gasteiger partial charge is 0.487 e. The minimum atomic E-state index is -0.680. The van der Waals surface area contributed by atoms with E-state index in [1.165, 1.54) is 12.1 Å². The van der Waals surface area contributed by atoms with Crippen molar-refractivity contribution >= 4 is 5.82 Å². The fourth-order valence-corrected chi connectivity index (χ4v) is 3.23. The van der Waals surface area contributed by atoms with Crippen molar-refractivity contribution in [3.05, 3.63) is 47.9 Å². The number of hydrogen-bond donors (Lipinski definition) is 0. The van der Waals surface area contributed by atoms with E-state index >= 15 is 0 Å². The fraction of sp³-hybridized carbons (Fsp3) is 0.421. The molecule has 1 saturated carbocycles. The normalized spacial score (nSPS) is 19.0. The number of anilines is 1. The van der Waals surface area contributed by atoms with E-state index in [-0.39, 0.29) is 11.9 Å². The van der Waals surface area contributed by atoms with Crippen LogP contribution in [0, 0.1) is 23.0 Å². The quantitative estimate of drug-likeness (QED) is 0.841. The topological polar surface area (TPSA) is 62.0 Å². The number of halogens is 2. The Bertz CT molecular complexity index is 838. The van der Waals surface area contributed by atoms with Gasteiger partial charge in [-0.3, -0.25) is 4.98 Å². The molecule has 0 amide bonds. The molecule has 2 aromatic rings. The highest BCUT2D eigenvalue weighted by Gasteiger charge is 2.46. The van der Waals surface area contributed by atoms with Crippen LogP contribution in [0.3, 0.4) is 0 Å². The van der Waals surface area contributed by atoms with Crippen molar-refractivity contribution in [2.75, 3.05) is 18.0 Å². The molecule has 0 radical (unpaired) electrons. The van der Waals surface area contributed by atoms with E-state index in [0.29, 0.717) is 25.9 Å². The zero-order valence-corrected chi connectivity index (χ0v) is 14.2. The van der Waals surface area contributed by atoms with Crippen LogP contribution in [0.1, 0.15) is 31.4 Å². The Hall–Kier alpha value is -2.75. The molecular formula is C19H18F2N4O. The van der Waals surface area contributed by atoms with E-state index in [1.54, 1.807) is 12.4 Å². The summed E-state index contributed by atoms with van der Waals surface area (Å²) in [7, 11) is 0. The Morgan fingerprint density at radius 3 is 2.50 bits per heavy atom. The minimum Gasteiger partial charge on any atom is -0.487 e. The van der Waals surface area contributed by atoms with Crippen LogP contribution >= 0.6 is 0 Å². The van der Waals surface area contributed by atoms with Gasteiger partial charge in [0.15, 0.2) is 11.6 Å². The molecule has 1 aromatic carbocycles. The molecule has 2 fully saturated rings. The highest BCUT2D eigenvalue weighted by molar-refractivity contribution is 5.40. The van der Waals surface area contributed by atoms with Crippen molar-refractivity contribution in [3.8, 4) is 11.8 Å². The molecule has 1 saturated heterocycles. The number of aromatic nitrogens is 2. The van der Waals surface area contributed by atoms with Gasteiger partial charge in [-0.15, -0.1) is 0 Å². The lowest BCUT2D eigenvalue weighted by Crippen LogP contribution is -2.38. The number of rotatable bonds is 4. The maximum absolute atomic E-state index is 13.7. The molecule has 1 aromatic heterocycles. The molecular weight excluding hydrogens is 338 g/mol. The van der Waals surface area contributed by atoms with Crippen LogP contribution in [0.15, 0.2) is 30.6 Å². The third-order valence-corrected chi connectivity index (χ3v) is 5.05. The summed E-state index contributed by atoms with van der Waals surface area (Å²) in [5.41, 5.74) is 0.319. The van der Waals surface area contributed by atoms with E-state index in [1.807, 2.05) is 0 Å². The third kappa shape index (κ3) is 3.19. The molecule has 2 aliphatic rings. The number of nitriles is 1. The summed E-state index contributed by atoms with van der Waals surface area (Å²) < 4.78 is 32.3. The lowest BCUT2D eigenvalue weighted by Gasteiger charge is -2.32. The Balaban J connectivity index is 1.35. The first kappa shape index (κ1) is 16.7. The molecule has 0 atom stereocenters. The smallest absolute Gasteiger partial charge is 0.167 e. The first-order valence-electron chi connectivity index (χ1n) is 8.70. The van der Waals surface area contributed by atoms with Gasteiger partial charge in [0.2, 0.25) is 0 Å². The zero-order chi connectivity index (χ0) is 18.1. The second kappa shape index (κ2) is 6.52. The average molecular weight is 356 g/mol. The maximum atomic E-state index is 13.7. The second-order valence-electron chi connectivity index (χ2n) is 6.83. The summed E-state index contributed by atoms with van der Waals surface area (Å²) in [6.07, 6.45) is 6.41. The highest BCUT2D eigenvalue weighted by Crippen LogP contribution is 2.46. The Labute approximate surface area is 150 Å². The van der Waals surface area contributed by atoms with Gasteiger partial charge in [0.25, 0.3) is 0 Å². The summed E-state index contributed by atoms with van der Waals surface area (Å²) in [5, 5.41) is 9.22. The van der Waals surface area contributed by atoms with Gasteiger partial charge in [0.05, 0.1) is 24.2 Å². The number of nitrogens with zero attached hydrogens (tertiary/aromatic N) is 4. The number of benzene rings is 1. The average Bonchev–Trinajstić information content (AvgIpc) is 3.46. The van der Waals surface area contributed by atoms with E-state index in [0.717, 1.165) is 30.4 Å². The molecule has 134 valence electrons. The standard InChI is InChI=1S/C19H18F2N4O/c20-13-1-2-16(15(21)9-13)26-14-3-7-25(8-4-14)18-11-23-17(10-24-18)19(12-22)5-6-19/h1-2,9-11,14H,3-8H2. The minimum absolute atomic E-state index is 0.0835. The number of ether oxygens (including phenoxy) is 1. The summed E-state index contributed by atoms with van der Waals surface area (Å²) in [5.74, 6) is -0.439.